The van der Waals surface area contributed by atoms with Crippen molar-refractivity contribution >= 4 is 17.1 Å². The van der Waals surface area contributed by atoms with E-state index in [1.54, 1.807) is 0 Å². The lowest BCUT2D eigenvalue weighted by Gasteiger charge is -2.28. The van der Waals surface area contributed by atoms with Crippen LogP contribution in [0.1, 0.15) is 25.0 Å². The molecule has 0 fully saturated rings. The van der Waals surface area contributed by atoms with E-state index in [0.29, 0.717) is 0 Å². The van der Waals surface area contributed by atoms with Gasteiger partial charge >= 0.3 is 0 Å². The second kappa shape index (κ2) is 13.9. The number of anilines is 3. The van der Waals surface area contributed by atoms with Gasteiger partial charge in [-0.25, -0.2) is 0 Å². The Labute approximate surface area is 346 Å². The van der Waals surface area contributed by atoms with Gasteiger partial charge < -0.3 is 9.64 Å². The van der Waals surface area contributed by atoms with Crippen LogP contribution in [0.25, 0.3) is 66.8 Å². The standard InChI is InChI=1S/C57H41NO/c1-57(2)52-24-11-9-21-48(52)49-34-32-45(37-53(49)57)58(44-20-13-19-41(35-44)38-15-5-3-6-16-38)43-30-27-40(28-31-43)46-23-14-26-55-56(46)51-36-42(39-17-7-4-8-18-39)29-33-47(51)50-22-10-12-25-54(50)59-55/h3-37H,1-2H3. The second-order valence-corrected chi connectivity index (χ2v) is 16.1. The largest absolute Gasteiger partial charge is 0.456 e. The molecule has 0 saturated heterocycles. The number of ether oxygens (including phenoxy) is 1. The highest BCUT2D eigenvalue weighted by Crippen LogP contribution is 2.53. The molecule has 0 radical (unpaired) electrons. The maximum absolute atomic E-state index is 6.79. The number of hydrogen-bond acceptors (Lipinski definition) is 2. The molecule has 0 bridgehead atoms. The first kappa shape index (κ1) is 34.8. The SMILES string of the molecule is CC1(C)c2ccccc2-c2ccc(N(c3ccc(-c4cccc5c4-c4cc(-c6ccccc6)ccc4-c4ccccc4O5)cc3)c3cccc(-c4ccccc4)c3)cc21. The van der Waals surface area contributed by atoms with Crippen molar-refractivity contribution in [2.75, 3.05) is 4.90 Å². The zero-order valence-electron chi connectivity index (χ0n) is 33.1. The van der Waals surface area contributed by atoms with Crippen LogP contribution in [-0.4, -0.2) is 0 Å². The zero-order chi connectivity index (χ0) is 39.5. The van der Waals surface area contributed by atoms with Crippen molar-refractivity contribution in [3.05, 3.63) is 223 Å². The first-order valence-corrected chi connectivity index (χ1v) is 20.4. The highest BCUT2D eigenvalue weighted by atomic mass is 16.5. The highest BCUT2D eigenvalue weighted by molar-refractivity contribution is 5.99. The van der Waals surface area contributed by atoms with Crippen LogP contribution in [0.15, 0.2) is 212 Å². The molecule has 11 rings (SSSR count). The molecule has 0 aromatic heterocycles. The first-order chi connectivity index (χ1) is 29.0. The monoisotopic (exact) mass is 755 g/mol. The van der Waals surface area contributed by atoms with Gasteiger partial charge in [0.15, 0.2) is 0 Å². The van der Waals surface area contributed by atoms with E-state index in [9.17, 15) is 0 Å². The van der Waals surface area contributed by atoms with Gasteiger partial charge in [-0.2, -0.15) is 0 Å². The second-order valence-electron chi connectivity index (χ2n) is 16.1. The van der Waals surface area contributed by atoms with Crippen molar-refractivity contribution in [2.45, 2.75) is 19.3 Å². The zero-order valence-corrected chi connectivity index (χ0v) is 33.1. The van der Waals surface area contributed by atoms with E-state index in [0.717, 1.165) is 61.9 Å². The van der Waals surface area contributed by atoms with Crippen molar-refractivity contribution in [1.82, 2.24) is 0 Å². The molecule has 1 aliphatic carbocycles. The Bertz CT molecular complexity index is 3040. The van der Waals surface area contributed by atoms with Gasteiger partial charge in [-0.15, -0.1) is 0 Å². The average Bonchev–Trinajstić information content (AvgIpc) is 3.42. The van der Waals surface area contributed by atoms with E-state index < -0.39 is 0 Å². The van der Waals surface area contributed by atoms with Gasteiger partial charge in [-0.05, 0) is 121 Å². The molecule has 0 atom stereocenters. The maximum Gasteiger partial charge on any atom is 0.135 e. The molecule has 9 aromatic carbocycles. The van der Waals surface area contributed by atoms with E-state index in [1.165, 1.54) is 44.5 Å². The molecular formula is C57H41NO. The van der Waals surface area contributed by atoms with Crippen LogP contribution in [0, 0.1) is 0 Å². The lowest BCUT2D eigenvalue weighted by Crippen LogP contribution is -2.16. The summed E-state index contributed by atoms with van der Waals surface area (Å²) in [4.78, 5) is 2.41. The molecule has 2 nitrogen and oxygen atoms in total. The summed E-state index contributed by atoms with van der Waals surface area (Å²) in [6.07, 6.45) is 0. The Morgan fingerprint density at radius 3 is 1.64 bits per heavy atom. The minimum absolute atomic E-state index is 0.118. The highest BCUT2D eigenvalue weighted by Gasteiger charge is 2.36. The van der Waals surface area contributed by atoms with Crippen molar-refractivity contribution in [2.24, 2.45) is 0 Å². The van der Waals surface area contributed by atoms with Crippen molar-refractivity contribution < 1.29 is 4.74 Å². The summed E-state index contributed by atoms with van der Waals surface area (Å²) < 4.78 is 6.79. The number of benzene rings is 9. The first-order valence-electron chi connectivity index (χ1n) is 20.4. The lowest BCUT2D eigenvalue weighted by atomic mass is 9.82. The summed E-state index contributed by atoms with van der Waals surface area (Å²) in [5, 5.41) is 0. The van der Waals surface area contributed by atoms with E-state index in [1.807, 2.05) is 6.07 Å². The van der Waals surface area contributed by atoms with Gasteiger partial charge in [0.05, 0.1) is 0 Å². The third-order valence-corrected chi connectivity index (χ3v) is 12.3. The average molecular weight is 756 g/mol. The number of nitrogens with zero attached hydrogens (tertiary/aromatic N) is 1. The smallest absolute Gasteiger partial charge is 0.135 e. The minimum atomic E-state index is -0.118. The number of hydrogen-bond donors (Lipinski definition) is 0. The number of para-hydroxylation sites is 1. The van der Waals surface area contributed by atoms with Gasteiger partial charge in [0, 0.05) is 33.6 Å². The molecule has 2 heteroatoms. The van der Waals surface area contributed by atoms with Crippen LogP contribution in [0.2, 0.25) is 0 Å². The molecule has 1 aliphatic heterocycles. The molecule has 59 heavy (non-hydrogen) atoms. The molecule has 280 valence electrons. The summed E-state index contributed by atoms with van der Waals surface area (Å²) in [5.74, 6) is 1.71. The Kier molecular flexibility index (Phi) is 8.20. The van der Waals surface area contributed by atoms with E-state index in [4.69, 9.17) is 4.74 Å². The Balaban J connectivity index is 1.06. The number of fused-ring (bicyclic) bond motifs is 8. The van der Waals surface area contributed by atoms with Gasteiger partial charge in [0.1, 0.15) is 11.5 Å². The van der Waals surface area contributed by atoms with Crippen LogP contribution in [0.3, 0.4) is 0 Å². The molecule has 0 saturated carbocycles. The predicted octanol–water partition coefficient (Wildman–Crippen LogP) is 15.9. The quantitative estimate of drug-likeness (QED) is 0.168. The van der Waals surface area contributed by atoms with Crippen molar-refractivity contribution in [3.8, 4) is 78.3 Å². The van der Waals surface area contributed by atoms with E-state index in [-0.39, 0.29) is 5.41 Å². The van der Waals surface area contributed by atoms with Crippen molar-refractivity contribution in [1.29, 1.82) is 0 Å². The Morgan fingerprint density at radius 2 is 0.864 bits per heavy atom. The van der Waals surface area contributed by atoms with Gasteiger partial charge in [-0.1, -0.05) is 172 Å². The molecular weight excluding hydrogens is 715 g/mol. The van der Waals surface area contributed by atoms with Gasteiger partial charge in [0.2, 0.25) is 0 Å². The summed E-state index contributed by atoms with van der Waals surface area (Å²) in [6, 6.07) is 76.8. The Morgan fingerprint density at radius 1 is 0.322 bits per heavy atom. The fraction of sp³-hybridized carbons (Fsp3) is 0.0526. The van der Waals surface area contributed by atoms with Crippen LogP contribution in [0.4, 0.5) is 17.1 Å². The molecule has 0 unspecified atom stereocenters. The van der Waals surface area contributed by atoms with Crippen LogP contribution >= 0.6 is 0 Å². The molecule has 0 spiro atoms. The topological polar surface area (TPSA) is 12.5 Å². The van der Waals surface area contributed by atoms with E-state index in [2.05, 4.69) is 225 Å². The van der Waals surface area contributed by atoms with E-state index >= 15 is 0 Å². The van der Waals surface area contributed by atoms with Gasteiger partial charge in [-0.3, -0.25) is 0 Å². The van der Waals surface area contributed by atoms with Crippen LogP contribution < -0.4 is 9.64 Å². The molecule has 0 N–H and O–H groups in total. The molecule has 0 amide bonds. The third kappa shape index (κ3) is 5.87. The summed E-state index contributed by atoms with van der Waals surface area (Å²) in [5.41, 5.74) is 20.1. The summed E-state index contributed by atoms with van der Waals surface area (Å²) in [7, 11) is 0. The summed E-state index contributed by atoms with van der Waals surface area (Å²) >= 11 is 0. The minimum Gasteiger partial charge on any atom is -0.456 e. The lowest BCUT2D eigenvalue weighted by molar-refractivity contribution is 0.488. The maximum atomic E-state index is 6.79. The molecule has 9 aromatic rings. The normalized spacial score (nSPS) is 12.8. The molecule has 2 aliphatic rings. The number of rotatable bonds is 6. The van der Waals surface area contributed by atoms with Gasteiger partial charge in [0.25, 0.3) is 0 Å². The fourth-order valence-electron chi connectivity index (χ4n) is 9.35. The summed E-state index contributed by atoms with van der Waals surface area (Å²) in [6.45, 7) is 4.70. The Hall–Kier alpha value is -7.42. The molecule has 1 heterocycles. The fourth-order valence-corrected chi connectivity index (χ4v) is 9.35. The van der Waals surface area contributed by atoms with Crippen LogP contribution in [-0.2, 0) is 5.41 Å². The van der Waals surface area contributed by atoms with Crippen LogP contribution in [0.5, 0.6) is 11.5 Å². The van der Waals surface area contributed by atoms with Crippen molar-refractivity contribution in [3.63, 3.8) is 0 Å². The predicted molar refractivity (Wildman–Crippen MR) is 246 cm³/mol. The third-order valence-electron chi connectivity index (χ3n) is 12.3.